The third kappa shape index (κ3) is 4.17. The molecule has 0 fully saturated rings. The highest BCUT2D eigenvalue weighted by Gasteiger charge is 2.15. The van der Waals surface area contributed by atoms with Crippen molar-refractivity contribution >= 4 is 5.91 Å². The Morgan fingerprint density at radius 1 is 1.30 bits per heavy atom. The van der Waals surface area contributed by atoms with Gasteiger partial charge in [-0.05, 0) is 54.1 Å². The molecule has 8 heteroatoms. The van der Waals surface area contributed by atoms with Crippen LogP contribution in [0.3, 0.4) is 0 Å². The highest BCUT2D eigenvalue weighted by molar-refractivity contribution is 5.96. The molecular weight excluding hydrogens is 344 g/mol. The van der Waals surface area contributed by atoms with Crippen LogP contribution in [-0.2, 0) is 6.42 Å². The second kappa shape index (κ2) is 8.05. The van der Waals surface area contributed by atoms with Gasteiger partial charge in [-0.3, -0.25) is 9.78 Å². The molecule has 0 aliphatic heterocycles. The van der Waals surface area contributed by atoms with Crippen LogP contribution in [0.5, 0.6) is 0 Å². The summed E-state index contributed by atoms with van der Waals surface area (Å²) in [5.41, 5.74) is 3.71. The predicted molar refractivity (Wildman–Crippen MR) is 101 cm³/mol. The maximum Gasteiger partial charge on any atom is 0.251 e. The smallest absolute Gasteiger partial charge is 0.251 e. The van der Waals surface area contributed by atoms with Crippen molar-refractivity contribution in [2.24, 2.45) is 0 Å². The number of hydrogen-bond acceptors (Lipinski definition) is 6. The number of aromatic nitrogens is 5. The predicted octanol–water partition coefficient (Wildman–Crippen LogP) is 1.71. The summed E-state index contributed by atoms with van der Waals surface area (Å²) in [5, 5.41) is 23.8. The second-order valence-corrected chi connectivity index (χ2v) is 6.41. The van der Waals surface area contributed by atoms with Gasteiger partial charge in [0.25, 0.3) is 5.91 Å². The van der Waals surface area contributed by atoms with E-state index in [4.69, 9.17) is 0 Å². The normalized spacial score (nSPS) is 12.0. The van der Waals surface area contributed by atoms with Crippen LogP contribution in [0.1, 0.15) is 35.6 Å². The lowest BCUT2D eigenvalue weighted by Crippen LogP contribution is -2.35. The molecule has 0 aliphatic rings. The Kier molecular flexibility index (Phi) is 5.56. The molecule has 3 rings (SSSR count). The third-order valence-electron chi connectivity index (χ3n) is 4.13. The van der Waals surface area contributed by atoms with Gasteiger partial charge in [0.15, 0.2) is 5.82 Å². The fourth-order valence-corrected chi connectivity index (χ4v) is 2.63. The molecule has 0 aliphatic carbocycles. The van der Waals surface area contributed by atoms with E-state index in [0.29, 0.717) is 23.5 Å². The fourth-order valence-electron chi connectivity index (χ4n) is 2.63. The topological polar surface area (TPSA) is 106 Å². The lowest BCUT2D eigenvalue weighted by molar-refractivity contribution is 0.0922. The summed E-state index contributed by atoms with van der Waals surface area (Å²) in [4.78, 5) is 17.1. The van der Waals surface area contributed by atoms with Crippen molar-refractivity contribution in [1.82, 2.24) is 30.5 Å². The molecule has 2 aromatic heterocycles. The van der Waals surface area contributed by atoms with E-state index in [9.17, 15) is 9.90 Å². The molecule has 1 amide bonds. The van der Waals surface area contributed by atoms with Crippen molar-refractivity contribution in [3.05, 3.63) is 53.5 Å². The number of carbonyl (C=O) groups excluding carboxylic acids is 1. The molecular formula is C19H22N6O2. The monoisotopic (exact) mass is 366 g/mol. The second-order valence-electron chi connectivity index (χ2n) is 6.41. The van der Waals surface area contributed by atoms with Gasteiger partial charge >= 0.3 is 0 Å². The number of aryl methyl sites for hydroxylation is 2. The number of nitrogens with zero attached hydrogens (tertiary/aromatic N) is 5. The number of aliphatic hydroxyl groups excluding tert-OH is 1. The summed E-state index contributed by atoms with van der Waals surface area (Å²) in [5.74, 6) is 0.414. The van der Waals surface area contributed by atoms with Gasteiger partial charge in [0.1, 0.15) is 0 Å². The molecule has 1 aromatic carbocycles. The number of hydrogen-bond donors (Lipinski definition) is 2. The minimum atomic E-state index is -0.346. The molecule has 2 N–H and O–H groups in total. The Hall–Kier alpha value is -3.13. The number of pyridine rings is 1. The summed E-state index contributed by atoms with van der Waals surface area (Å²) in [6.07, 6.45) is 2.44. The van der Waals surface area contributed by atoms with Crippen molar-refractivity contribution in [3.8, 4) is 16.9 Å². The first kappa shape index (κ1) is 18.7. The lowest BCUT2D eigenvalue weighted by atomic mass is 10.0. The van der Waals surface area contributed by atoms with Crippen molar-refractivity contribution < 1.29 is 9.90 Å². The average Bonchev–Trinajstić information content (AvgIpc) is 3.17. The van der Waals surface area contributed by atoms with E-state index in [-0.39, 0.29) is 18.6 Å². The third-order valence-corrected chi connectivity index (χ3v) is 4.13. The van der Waals surface area contributed by atoms with E-state index in [0.717, 1.165) is 16.8 Å². The summed E-state index contributed by atoms with van der Waals surface area (Å²) < 4.78 is 1.62. The van der Waals surface area contributed by atoms with Crippen LogP contribution >= 0.6 is 0 Å². The molecule has 1 atom stereocenters. The fraction of sp³-hybridized carbons (Fsp3) is 0.316. The Morgan fingerprint density at radius 2 is 2.11 bits per heavy atom. The van der Waals surface area contributed by atoms with Crippen LogP contribution < -0.4 is 5.32 Å². The van der Waals surface area contributed by atoms with Gasteiger partial charge in [-0.2, -0.15) is 4.68 Å². The maximum atomic E-state index is 12.6. The van der Waals surface area contributed by atoms with E-state index >= 15 is 0 Å². The van der Waals surface area contributed by atoms with Crippen LogP contribution in [0.15, 0.2) is 36.5 Å². The van der Waals surface area contributed by atoms with Crippen LogP contribution in [0.2, 0.25) is 0 Å². The first-order valence-electron chi connectivity index (χ1n) is 8.79. The molecule has 140 valence electrons. The summed E-state index contributed by atoms with van der Waals surface area (Å²) >= 11 is 0. The van der Waals surface area contributed by atoms with E-state index < -0.39 is 0 Å². The van der Waals surface area contributed by atoms with Crippen molar-refractivity contribution in [3.63, 3.8) is 0 Å². The van der Waals surface area contributed by atoms with E-state index in [1.807, 2.05) is 32.0 Å². The molecule has 0 bridgehead atoms. The maximum absolute atomic E-state index is 12.6. The highest BCUT2D eigenvalue weighted by atomic mass is 16.3. The standard InChI is InChI=1S/C19H22N6O2/c1-4-18-22-23-24-25(18)16-8-14(17-6-5-12(2)10-20-17)7-15(9-16)19(27)21-13(3)11-26/h5-10,13,26H,4,11H2,1-3H3,(H,21,27). The first-order chi connectivity index (χ1) is 13.0. The number of tetrazole rings is 1. The Balaban J connectivity index is 2.10. The number of carbonyl (C=O) groups is 1. The van der Waals surface area contributed by atoms with E-state index in [1.165, 1.54) is 0 Å². The molecule has 1 unspecified atom stereocenters. The molecule has 8 nitrogen and oxygen atoms in total. The van der Waals surface area contributed by atoms with E-state index in [2.05, 4.69) is 25.8 Å². The zero-order chi connectivity index (χ0) is 19.4. The van der Waals surface area contributed by atoms with Gasteiger partial charge in [0.05, 0.1) is 18.0 Å². The van der Waals surface area contributed by atoms with Crippen LogP contribution in [0.25, 0.3) is 16.9 Å². The lowest BCUT2D eigenvalue weighted by Gasteiger charge is -2.13. The number of nitrogens with one attached hydrogen (secondary N) is 1. The number of amides is 1. The van der Waals surface area contributed by atoms with Crippen molar-refractivity contribution in [2.75, 3.05) is 6.61 Å². The first-order valence-corrected chi connectivity index (χ1v) is 8.79. The SMILES string of the molecule is CCc1nnnn1-c1cc(C(=O)NC(C)CO)cc(-c2ccc(C)cn2)c1. The van der Waals surface area contributed by atoms with Crippen LogP contribution in [0, 0.1) is 6.92 Å². The van der Waals surface area contributed by atoms with Gasteiger partial charge in [-0.25, -0.2) is 0 Å². The summed E-state index contributed by atoms with van der Waals surface area (Å²) in [6, 6.07) is 8.94. The van der Waals surface area contributed by atoms with Gasteiger partial charge < -0.3 is 10.4 Å². The zero-order valence-corrected chi connectivity index (χ0v) is 15.5. The van der Waals surface area contributed by atoms with Crippen LogP contribution in [-0.4, -0.2) is 48.9 Å². The van der Waals surface area contributed by atoms with Crippen LogP contribution in [0.4, 0.5) is 0 Å². The molecule has 3 aromatic rings. The highest BCUT2D eigenvalue weighted by Crippen LogP contribution is 2.23. The Morgan fingerprint density at radius 3 is 2.78 bits per heavy atom. The molecule has 0 saturated carbocycles. The van der Waals surface area contributed by atoms with Crippen molar-refractivity contribution in [2.45, 2.75) is 33.2 Å². The minimum absolute atomic E-state index is 0.134. The molecule has 0 radical (unpaired) electrons. The van der Waals surface area contributed by atoms with Crippen molar-refractivity contribution in [1.29, 1.82) is 0 Å². The summed E-state index contributed by atoms with van der Waals surface area (Å²) in [6.45, 7) is 5.53. The quantitative estimate of drug-likeness (QED) is 0.688. The summed E-state index contributed by atoms with van der Waals surface area (Å²) in [7, 11) is 0. The Labute approximate surface area is 157 Å². The average molecular weight is 366 g/mol. The number of benzene rings is 1. The largest absolute Gasteiger partial charge is 0.394 e. The molecule has 0 spiro atoms. The number of rotatable bonds is 6. The van der Waals surface area contributed by atoms with Gasteiger partial charge in [-0.1, -0.05) is 13.0 Å². The number of aliphatic hydroxyl groups is 1. The van der Waals surface area contributed by atoms with Gasteiger partial charge in [0, 0.05) is 29.8 Å². The minimum Gasteiger partial charge on any atom is -0.394 e. The molecule has 2 heterocycles. The molecule has 0 saturated heterocycles. The van der Waals surface area contributed by atoms with Gasteiger partial charge in [0.2, 0.25) is 0 Å². The Bertz CT molecular complexity index is 936. The van der Waals surface area contributed by atoms with E-state index in [1.54, 1.807) is 29.9 Å². The zero-order valence-electron chi connectivity index (χ0n) is 15.5. The molecule has 27 heavy (non-hydrogen) atoms. The van der Waals surface area contributed by atoms with Gasteiger partial charge in [-0.15, -0.1) is 5.10 Å².